The van der Waals surface area contributed by atoms with E-state index in [-0.39, 0.29) is 19.5 Å². The maximum Gasteiger partial charge on any atom is 0.326 e. The number of hydrogen-bond acceptors (Lipinski definition) is 4. The summed E-state index contributed by atoms with van der Waals surface area (Å²) in [6.07, 6.45) is 0.809. The molecule has 1 aromatic rings. The molecule has 1 rings (SSSR count). The first-order valence-electron chi connectivity index (χ1n) is 6.55. The number of nitrogens with two attached hydrogens (primary N) is 1. The Balaban J connectivity index is 2.44. The van der Waals surface area contributed by atoms with Crippen LogP contribution in [0.5, 0.6) is 0 Å². The molecule has 0 heterocycles. The van der Waals surface area contributed by atoms with E-state index in [1.807, 2.05) is 30.3 Å². The number of hydrogen-bond donors (Lipinski definition) is 4. The summed E-state index contributed by atoms with van der Waals surface area (Å²) in [5.74, 6) is -2.14. The Kier molecular flexibility index (Phi) is 6.90. The number of carbonyl (C=O) groups is 3. The van der Waals surface area contributed by atoms with E-state index in [4.69, 9.17) is 10.8 Å². The van der Waals surface area contributed by atoms with Crippen molar-refractivity contribution in [3.05, 3.63) is 35.9 Å². The minimum atomic E-state index is -1.11. The summed E-state index contributed by atoms with van der Waals surface area (Å²) in [6, 6.07) is 8.40. The van der Waals surface area contributed by atoms with Gasteiger partial charge in [-0.15, -0.1) is 0 Å². The fourth-order valence-corrected chi connectivity index (χ4v) is 1.71. The van der Waals surface area contributed by atoms with E-state index in [1.165, 1.54) is 0 Å². The van der Waals surface area contributed by atoms with E-state index in [2.05, 4.69) is 10.6 Å². The number of rotatable bonds is 8. The number of aliphatic carboxylic acids is 1. The topological polar surface area (TPSA) is 122 Å². The number of carboxylic acids is 1. The summed E-state index contributed by atoms with van der Waals surface area (Å²) in [5.41, 5.74) is 6.08. The lowest BCUT2D eigenvalue weighted by Crippen LogP contribution is -2.46. The van der Waals surface area contributed by atoms with Crippen molar-refractivity contribution in [1.29, 1.82) is 0 Å². The molecule has 0 aromatic heterocycles. The molecule has 21 heavy (non-hydrogen) atoms. The maximum atomic E-state index is 11.6. The van der Waals surface area contributed by atoms with Crippen molar-refractivity contribution >= 4 is 17.8 Å². The molecule has 0 aliphatic rings. The van der Waals surface area contributed by atoms with Crippen molar-refractivity contribution in [3.63, 3.8) is 0 Å². The van der Waals surface area contributed by atoms with Gasteiger partial charge < -0.3 is 21.5 Å². The second kappa shape index (κ2) is 8.70. The summed E-state index contributed by atoms with van der Waals surface area (Å²) >= 11 is 0. The fraction of sp³-hybridized carbons (Fsp3) is 0.357. The Morgan fingerprint density at radius 1 is 1.14 bits per heavy atom. The molecular weight excluding hydrogens is 274 g/mol. The van der Waals surface area contributed by atoms with Gasteiger partial charge >= 0.3 is 5.97 Å². The number of benzene rings is 1. The van der Waals surface area contributed by atoms with Gasteiger partial charge in [0.1, 0.15) is 6.04 Å². The third-order valence-electron chi connectivity index (χ3n) is 2.83. The van der Waals surface area contributed by atoms with E-state index < -0.39 is 23.8 Å². The van der Waals surface area contributed by atoms with Gasteiger partial charge in [0.2, 0.25) is 11.8 Å². The first-order valence-corrected chi connectivity index (χ1v) is 6.55. The molecule has 0 bridgehead atoms. The normalized spacial score (nSPS) is 11.5. The van der Waals surface area contributed by atoms with Crippen LogP contribution < -0.4 is 16.4 Å². The number of carbonyl (C=O) groups excluding carboxylic acids is 2. The lowest BCUT2D eigenvalue weighted by Gasteiger charge is -2.14. The highest BCUT2D eigenvalue weighted by Gasteiger charge is 2.19. The van der Waals surface area contributed by atoms with Gasteiger partial charge in [-0.1, -0.05) is 30.3 Å². The highest BCUT2D eigenvalue weighted by atomic mass is 16.4. The zero-order chi connectivity index (χ0) is 15.7. The molecule has 0 fully saturated rings. The second-order valence-electron chi connectivity index (χ2n) is 4.46. The van der Waals surface area contributed by atoms with Crippen LogP contribution in [0.1, 0.15) is 12.0 Å². The Labute approximate surface area is 122 Å². The minimum absolute atomic E-state index is 0.219. The highest BCUT2D eigenvalue weighted by Crippen LogP contribution is 2.05. The van der Waals surface area contributed by atoms with Crippen molar-refractivity contribution in [1.82, 2.24) is 10.6 Å². The van der Waals surface area contributed by atoms with E-state index in [0.717, 1.165) is 5.56 Å². The molecule has 1 atom stereocenters. The lowest BCUT2D eigenvalue weighted by molar-refractivity contribution is -0.141. The summed E-state index contributed by atoms with van der Waals surface area (Å²) in [5, 5.41) is 13.8. The van der Waals surface area contributed by atoms with Crippen molar-refractivity contribution in [2.75, 3.05) is 13.1 Å². The predicted octanol–water partition coefficient (Wildman–Crippen LogP) is -0.736. The zero-order valence-electron chi connectivity index (χ0n) is 11.5. The van der Waals surface area contributed by atoms with Crippen LogP contribution in [0.3, 0.4) is 0 Å². The SMILES string of the molecule is NCC(=O)NCC(=O)N[C@@H](CCc1ccccc1)C(=O)O. The van der Waals surface area contributed by atoms with Gasteiger partial charge in [-0.25, -0.2) is 4.79 Å². The van der Waals surface area contributed by atoms with Gasteiger partial charge in [-0.2, -0.15) is 0 Å². The molecule has 0 spiro atoms. The molecule has 0 saturated heterocycles. The Bertz CT molecular complexity index is 490. The minimum Gasteiger partial charge on any atom is -0.480 e. The van der Waals surface area contributed by atoms with E-state index in [9.17, 15) is 14.4 Å². The van der Waals surface area contributed by atoms with Crippen LogP contribution in [0.4, 0.5) is 0 Å². The van der Waals surface area contributed by atoms with Gasteiger partial charge in [-0.05, 0) is 18.4 Å². The van der Waals surface area contributed by atoms with Crippen molar-refractivity contribution in [2.24, 2.45) is 5.73 Å². The van der Waals surface area contributed by atoms with Gasteiger partial charge in [0, 0.05) is 0 Å². The third-order valence-corrected chi connectivity index (χ3v) is 2.83. The highest BCUT2D eigenvalue weighted by molar-refractivity contribution is 5.88. The van der Waals surface area contributed by atoms with E-state index >= 15 is 0 Å². The average Bonchev–Trinajstić information content (AvgIpc) is 2.49. The molecule has 114 valence electrons. The molecular formula is C14H19N3O4. The molecule has 0 aliphatic carbocycles. The largest absolute Gasteiger partial charge is 0.480 e. The Morgan fingerprint density at radius 3 is 2.38 bits per heavy atom. The summed E-state index contributed by atoms with van der Waals surface area (Å²) in [4.78, 5) is 33.6. The number of amides is 2. The smallest absolute Gasteiger partial charge is 0.326 e. The second-order valence-corrected chi connectivity index (χ2v) is 4.46. The molecule has 0 radical (unpaired) electrons. The summed E-state index contributed by atoms with van der Waals surface area (Å²) in [7, 11) is 0. The molecule has 7 heteroatoms. The maximum absolute atomic E-state index is 11.6. The van der Waals surface area contributed by atoms with Gasteiger partial charge in [0.25, 0.3) is 0 Å². The molecule has 0 unspecified atom stereocenters. The van der Waals surface area contributed by atoms with Crippen molar-refractivity contribution < 1.29 is 19.5 Å². The Hall–Kier alpha value is -2.41. The van der Waals surface area contributed by atoms with Crippen LogP contribution in [0, 0.1) is 0 Å². The quantitative estimate of drug-likeness (QED) is 0.503. The first-order chi connectivity index (χ1) is 10.0. The van der Waals surface area contributed by atoms with Crippen molar-refractivity contribution in [3.8, 4) is 0 Å². The van der Waals surface area contributed by atoms with E-state index in [0.29, 0.717) is 6.42 Å². The number of nitrogens with one attached hydrogen (secondary N) is 2. The zero-order valence-corrected chi connectivity index (χ0v) is 11.5. The molecule has 0 saturated carbocycles. The van der Waals surface area contributed by atoms with Crippen LogP contribution in [0.2, 0.25) is 0 Å². The molecule has 5 N–H and O–H groups in total. The van der Waals surface area contributed by atoms with Gasteiger partial charge in [0.15, 0.2) is 0 Å². The molecule has 7 nitrogen and oxygen atoms in total. The van der Waals surface area contributed by atoms with E-state index in [1.54, 1.807) is 0 Å². The van der Waals surface area contributed by atoms with Crippen molar-refractivity contribution in [2.45, 2.75) is 18.9 Å². The van der Waals surface area contributed by atoms with Crippen LogP contribution >= 0.6 is 0 Å². The van der Waals surface area contributed by atoms with Crippen LogP contribution in [0.15, 0.2) is 30.3 Å². The van der Waals surface area contributed by atoms with Crippen LogP contribution in [0.25, 0.3) is 0 Å². The third kappa shape index (κ3) is 6.53. The molecule has 1 aromatic carbocycles. The standard InChI is InChI=1S/C14H19N3O4/c15-8-12(18)16-9-13(19)17-11(14(20)21)7-6-10-4-2-1-3-5-10/h1-5,11H,6-9,15H2,(H,16,18)(H,17,19)(H,20,21)/t11-/m0/s1. The molecule has 2 amide bonds. The van der Waals surface area contributed by atoms with Gasteiger partial charge in [-0.3, -0.25) is 9.59 Å². The average molecular weight is 293 g/mol. The number of carboxylic acid groups (broad SMARTS) is 1. The first kappa shape index (κ1) is 16.6. The molecule has 0 aliphatic heterocycles. The van der Waals surface area contributed by atoms with Gasteiger partial charge in [0.05, 0.1) is 13.1 Å². The predicted molar refractivity (Wildman–Crippen MR) is 76.4 cm³/mol. The Morgan fingerprint density at radius 2 is 1.81 bits per heavy atom. The fourth-order valence-electron chi connectivity index (χ4n) is 1.71. The number of aryl methyl sites for hydroxylation is 1. The monoisotopic (exact) mass is 293 g/mol. The summed E-state index contributed by atoms with van der Waals surface area (Å²) < 4.78 is 0. The van der Waals surface area contributed by atoms with Crippen LogP contribution in [-0.2, 0) is 20.8 Å². The summed E-state index contributed by atoms with van der Waals surface area (Å²) in [6.45, 7) is -0.505. The lowest BCUT2D eigenvalue weighted by atomic mass is 10.1. The van der Waals surface area contributed by atoms with Crippen LogP contribution in [-0.4, -0.2) is 42.0 Å².